The fourth-order valence-electron chi connectivity index (χ4n) is 3.37. The number of fused-ring (bicyclic) bond motifs is 1. The van der Waals surface area contributed by atoms with Gasteiger partial charge in [0.2, 0.25) is 0 Å². The third-order valence-corrected chi connectivity index (χ3v) is 9.48. The fourth-order valence-corrected chi connectivity index (χ4v) is 7.51. The average molecular weight is 652 g/mol. The summed E-state index contributed by atoms with van der Waals surface area (Å²) in [6.07, 6.45) is 1.73. The van der Waals surface area contributed by atoms with E-state index in [4.69, 9.17) is 0 Å². The van der Waals surface area contributed by atoms with Gasteiger partial charge in [0.15, 0.2) is 9.84 Å². The summed E-state index contributed by atoms with van der Waals surface area (Å²) in [5.74, 6) is -0.821. The van der Waals surface area contributed by atoms with E-state index in [1.165, 1.54) is 24.9 Å². The molecule has 11 heteroatoms. The molecule has 1 aliphatic heterocycles. The van der Waals surface area contributed by atoms with Crippen LogP contribution in [0.5, 0.6) is 0 Å². The Balaban J connectivity index is 1.55. The maximum atomic E-state index is 13.2. The van der Waals surface area contributed by atoms with Crippen molar-refractivity contribution in [2.75, 3.05) is 24.3 Å². The predicted molar refractivity (Wildman–Crippen MR) is 149 cm³/mol. The van der Waals surface area contributed by atoms with Crippen LogP contribution in [0.4, 0.5) is 11.4 Å². The number of hydrogen-bond acceptors (Lipinski definition) is 7. The summed E-state index contributed by atoms with van der Waals surface area (Å²) in [4.78, 5) is 25.2. The number of carbonyl (C=O) groups excluding carboxylic acids is 2. The molecule has 0 unspecified atom stereocenters. The first-order valence-corrected chi connectivity index (χ1v) is 14.6. The highest BCUT2D eigenvalue weighted by molar-refractivity contribution is 9.11. The van der Waals surface area contributed by atoms with E-state index in [9.17, 15) is 18.0 Å². The highest BCUT2D eigenvalue weighted by Gasteiger charge is 2.25. The SMILES string of the molecule is COC(=O)CNc1ccc(/C=C2/Sc3cc(S(=O)(=O)Cc4c(Br)cccc4Br)ccc3NC2=O)cc1. The number of anilines is 2. The first-order valence-electron chi connectivity index (χ1n) is 10.6. The number of methoxy groups -OCH3 is 1. The molecule has 0 saturated carbocycles. The number of hydrogen-bond donors (Lipinski definition) is 2. The zero-order valence-electron chi connectivity index (χ0n) is 18.9. The van der Waals surface area contributed by atoms with E-state index in [0.29, 0.717) is 30.0 Å². The number of halogens is 2. The summed E-state index contributed by atoms with van der Waals surface area (Å²) in [6.45, 7) is 0.0510. The lowest BCUT2D eigenvalue weighted by Crippen LogP contribution is -2.17. The molecule has 0 radical (unpaired) electrons. The van der Waals surface area contributed by atoms with E-state index in [1.807, 2.05) is 18.2 Å². The summed E-state index contributed by atoms with van der Waals surface area (Å²) < 4.78 is 32.4. The lowest BCUT2D eigenvalue weighted by molar-refractivity contribution is -0.138. The van der Waals surface area contributed by atoms with E-state index >= 15 is 0 Å². The number of thioether (sulfide) groups is 1. The largest absolute Gasteiger partial charge is 0.468 e. The van der Waals surface area contributed by atoms with Gasteiger partial charge in [-0.2, -0.15) is 0 Å². The zero-order chi connectivity index (χ0) is 25.9. The normalized spacial score (nSPS) is 14.2. The summed E-state index contributed by atoms with van der Waals surface area (Å²) in [5.41, 5.74) is 2.72. The van der Waals surface area contributed by atoms with Gasteiger partial charge < -0.3 is 15.4 Å². The van der Waals surface area contributed by atoms with E-state index < -0.39 is 9.84 Å². The standard InChI is InChI=1S/C25H20Br2N2O5S2/c1-34-24(30)13-28-16-7-5-15(6-8-16)11-23-25(31)29-21-10-9-17(12-22(21)35-23)36(32,33)14-18-19(26)3-2-4-20(18)27/h2-12,28H,13-14H2,1H3,(H,29,31)/b23-11+. The molecular weight excluding hydrogens is 632 g/mol. The van der Waals surface area contributed by atoms with Gasteiger partial charge in [-0.05, 0) is 59.7 Å². The van der Waals surface area contributed by atoms with Crippen molar-refractivity contribution >= 4 is 82.8 Å². The maximum Gasteiger partial charge on any atom is 0.325 e. The van der Waals surface area contributed by atoms with Crippen molar-refractivity contribution in [1.82, 2.24) is 0 Å². The van der Waals surface area contributed by atoms with Gasteiger partial charge in [0.1, 0.15) is 6.54 Å². The molecule has 0 spiro atoms. The number of carbonyl (C=O) groups is 2. The molecule has 36 heavy (non-hydrogen) atoms. The summed E-state index contributed by atoms with van der Waals surface area (Å²) in [5, 5.41) is 5.78. The summed E-state index contributed by atoms with van der Waals surface area (Å²) in [7, 11) is -2.32. The van der Waals surface area contributed by atoms with E-state index in [0.717, 1.165) is 11.3 Å². The van der Waals surface area contributed by atoms with Crippen molar-refractivity contribution in [2.24, 2.45) is 0 Å². The molecule has 1 amide bonds. The first-order chi connectivity index (χ1) is 17.2. The highest BCUT2D eigenvalue weighted by Crippen LogP contribution is 2.41. The Kier molecular flexibility index (Phi) is 8.23. The summed E-state index contributed by atoms with van der Waals surface area (Å²) in [6, 6.07) is 17.3. The molecular formula is C25H20Br2N2O5S2. The molecule has 3 aromatic rings. The molecule has 7 nitrogen and oxygen atoms in total. The van der Waals surface area contributed by atoms with Crippen molar-refractivity contribution in [1.29, 1.82) is 0 Å². The number of benzene rings is 3. The van der Waals surface area contributed by atoms with Crippen molar-refractivity contribution in [3.05, 3.63) is 85.6 Å². The van der Waals surface area contributed by atoms with Crippen LogP contribution in [0.25, 0.3) is 6.08 Å². The van der Waals surface area contributed by atoms with Crippen LogP contribution in [0.2, 0.25) is 0 Å². The van der Waals surface area contributed by atoms with Gasteiger partial charge in [0.25, 0.3) is 5.91 Å². The second-order valence-electron chi connectivity index (χ2n) is 7.73. The van der Waals surface area contributed by atoms with Crippen LogP contribution in [-0.4, -0.2) is 33.9 Å². The van der Waals surface area contributed by atoms with Gasteiger partial charge in [-0.3, -0.25) is 9.59 Å². The van der Waals surface area contributed by atoms with Crippen LogP contribution in [0.1, 0.15) is 11.1 Å². The zero-order valence-corrected chi connectivity index (χ0v) is 23.7. The molecule has 2 N–H and O–H groups in total. The van der Waals surface area contributed by atoms with Crippen LogP contribution in [0.15, 0.2) is 84.3 Å². The second kappa shape index (κ2) is 11.2. The van der Waals surface area contributed by atoms with Gasteiger partial charge >= 0.3 is 5.97 Å². The van der Waals surface area contributed by atoms with Crippen molar-refractivity contribution < 1.29 is 22.7 Å². The lowest BCUT2D eigenvalue weighted by Gasteiger charge is -2.19. The average Bonchev–Trinajstić information content (AvgIpc) is 2.86. The Labute approximate surface area is 229 Å². The molecule has 4 rings (SSSR count). The molecule has 1 heterocycles. The van der Waals surface area contributed by atoms with Gasteiger partial charge in [0, 0.05) is 19.5 Å². The molecule has 0 fully saturated rings. The third-order valence-electron chi connectivity index (χ3n) is 5.27. The topological polar surface area (TPSA) is 102 Å². The van der Waals surface area contributed by atoms with Crippen LogP contribution in [-0.2, 0) is 29.9 Å². The number of nitrogens with one attached hydrogen (secondary N) is 2. The van der Waals surface area contributed by atoms with Gasteiger partial charge in [-0.1, -0.05) is 61.8 Å². The smallest absolute Gasteiger partial charge is 0.325 e. The Morgan fingerprint density at radius 2 is 1.78 bits per heavy atom. The predicted octanol–water partition coefficient (Wildman–Crippen LogP) is 5.86. The van der Waals surface area contributed by atoms with Crippen LogP contribution in [0.3, 0.4) is 0 Å². The molecule has 0 atom stereocenters. The van der Waals surface area contributed by atoms with E-state index in [-0.39, 0.29) is 29.1 Å². The van der Waals surface area contributed by atoms with Crippen LogP contribution >= 0.6 is 43.6 Å². The van der Waals surface area contributed by atoms with E-state index in [1.54, 1.807) is 42.5 Å². The number of rotatable bonds is 7. The Morgan fingerprint density at radius 3 is 2.44 bits per heavy atom. The quantitative estimate of drug-likeness (QED) is 0.244. The molecule has 1 aliphatic rings. The number of ether oxygens (including phenoxy) is 1. The Bertz CT molecular complexity index is 1450. The maximum absolute atomic E-state index is 13.2. The van der Waals surface area contributed by atoms with Gasteiger partial charge in [0.05, 0.1) is 28.4 Å². The minimum atomic E-state index is -3.65. The lowest BCUT2D eigenvalue weighted by atomic mass is 10.2. The van der Waals surface area contributed by atoms with Gasteiger partial charge in [-0.25, -0.2) is 8.42 Å². The summed E-state index contributed by atoms with van der Waals surface area (Å²) >= 11 is 8.06. The van der Waals surface area contributed by atoms with E-state index in [2.05, 4.69) is 47.2 Å². The number of sulfone groups is 1. The monoisotopic (exact) mass is 650 g/mol. The Hall–Kier alpha value is -2.60. The van der Waals surface area contributed by atoms with Crippen LogP contribution < -0.4 is 10.6 Å². The Morgan fingerprint density at radius 1 is 1.08 bits per heavy atom. The first kappa shape index (κ1) is 26.5. The third kappa shape index (κ3) is 6.20. The van der Waals surface area contributed by atoms with Crippen LogP contribution in [0, 0.1) is 0 Å². The molecule has 0 aliphatic carbocycles. The molecule has 3 aromatic carbocycles. The molecule has 0 bridgehead atoms. The molecule has 186 valence electrons. The van der Waals surface area contributed by atoms with Crippen molar-refractivity contribution in [2.45, 2.75) is 15.5 Å². The number of esters is 1. The second-order valence-corrected chi connectivity index (χ2v) is 12.5. The molecule has 0 aromatic heterocycles. The highest BCUT2D eigenvalue weighted by atomic mass is 79.9. The minimum Gasteiger partial charge on any atom is -0.468 e. The van der Waals surface area contributed by atoms with Gasteiger partial charge in [-0.15, -0.1) is 0 Å². The van der Waals surface area contributed by atoms with Crippen molar-refractivity contribution in [3.63, 3.8) is 0 Å². The van der Waals surface area contributed by atoms with Crippen molar-refractivity contribution in [3.8, 4) is 0 Å². The fraction of sp³-hybridized carbons (Fsp3) is 0.120. The number of amides is 1. The molecule has 0 saturated heterocycles. The minimum absolute atomic E-state index is 0.0510.